The highest BCUT2D eigenvalue weighted by Crippen LogP contribution is 2.05. The summed E-state index contributed by atoms with van der Waals surface area (Å²) in [6.07, 6.45) is 0. The zero-order valence-corrected chi connectivity index (χ0v) is 7.65. The van der Waals surface area contributed by atoms with E-state index < -0.39 is 0 Å². The fourth-order valence-corrected chi connectivity index (χ4v) is 0.807. The first-order chi connectivity index (χ1) is 6.24. The molecule has 0 atom stereocenters. The molecule has 0 spiro atoms. The molecule has 4 nitrogen and oxygen atoms in total. The second-order valence-electron chi connectivity index (χ2n) is 2.48. The van der Waals surface area contributed by atoms with Crippen LogP contribution in [0.3, 0.4) is 0 Å². The fraction of sp³-hybridized carbons (Fsp3) is 0.222. The first-order valence-corrected chi connectivity index (χ1v) is 3.88. The predicted octanol–water partition coefficient (Wildman–Crippen LogP) is 1.71. The number of nitrogens with one attached hydrogen (secondary N) is 1. The van der Waals surface area contributed by atoms with Gasteiger partial charge < -0.3 is 5.32 Å². The van der Waals surface area contributed by atoms with Crippen LogP contribution in [-0.4, -0.2) is 25.3 Å². The molecule has 1 rings (SSSR count). The molecule has 2 amide bonds. The van der Waals surface area contributed by atoms with Gasteiger partial charge in [0.05, 0.1) is 7.11 Å². The molecule has 1 aromatic rings. The normalized spacial score (nSPS) is 9.38. The van der Waals surface area contributed by atoms with Crippen molar-refractivity contribution in [3.05, 3.63) is 30.3 Å². The smallest absolute Gasteiger partial charge is 0.306 e. The standard InChI is InChI=1S/C9H12N2O2/c1-11(13-2)9(12)10-8-6-4-3-5-7-8/h3-7H,1-2H3,(H,10,12). The van der Waals surface area contributed by atoms with Crippen LogP contribution in [0.15, 0.2) is 30.3 Å². The highest BCUT2D eigenvalue weighted by Gasteiger charge is 2.06. The molecular formula is C9H12N2O2. The Kier molecular flexibility index (Phi) is 3.28. The van der Waals surface area contributed by atoms with Crippen molar-refractivity contribution in [1.82, 2.24) is 5.06 Å². The molecule has 0 heterocycles. The lowest BCUT2D eigenvalue weighted by Gasteiger charge is -2.14. The van der Waals surface area contributed by atoms with Crippen molar-refractivity contribution >= 4 is 11.7 Å². The quantitative estimate of drug-likeness (QED) is 0.704. The lowest BCUT2D eigenvalue weighted by molar-refractivity contribution is -0.0598. The molecular weight excluding hydrogens is 168 g/mol. The van der Waals surface area contributed by atoms with Gasteiger partial charge in [-0.15, -0.1) is 0 Å². The summed E-state index contributed by atoms with van der Waals surface area (Å²) in [6.45, 7) is 0. The van der Waals surface area contributed by atoms with Crippen LogP contribution in [0.5, 0.6) is 0 Å². The number of hydrogen-bond acceptors (Lipinski definition) is 2. The van der Waals surface area contributed by atoms with Crippen LogP contribution in [0.25, 0.3) is 0 Å². The van der Waals surface area contributed by atoms with E-state index in [4.69, 9.17) is 4.84 Å². The first kappa shape index (κ1) is 9.54. The number of benzene rings is 1. The summed E-state index contributed by atoms with van der Waals surface area (Å²) in [7, 11) is 2.98. The van der Waals surface area contributed by atoms with Gasteiger partial charge >= 0.3 is 6.03 Å². The van der Waals surface area contributed by atoms with E-state index in [-0.39, 0.29) is 6.03 Å². The minimum absolute atomic E-state index is 0.297. The first-order valence-electron chi connectivity index (χ1n) is 3.88. The van der Waals surface area contributed by atoms with Gasteiger partial charge in [-0.2, -0.15) is 0 Å². The number of amides is 2. The van der Waals surface area contributed by atoms with Crippen LogP contribution in [0.2, 0.25) is 0 Å². The van der Waals surface area contributed by atoms with E-state index in [1.807, 2.05) is 18.2 Å². The number of hydroxylamine groups is 2. The molecule has 0 bridgehead atoms. The molecule has 0 aliphatic carbocycles. The zero-order valence-electron chi connectivity index (χ0n) is 7.65. The highest BCUT2D eigenvalue weighted by atomic mass is 16.7. The minimum Gasteiger partial charge on any atom is -0.306 e. The topological polar surface area (TPSA) is 41.6 Å². The number of urea groups is 1. The van der Waals surface area contributed by atoms with Crippen LogP contribution in [0, 0.1) is 0 Å². The van der Waals surface area contributed by atoms with E-state index in [1.165, 1.54) is 14.2 Å². The maximum atomic E-state index is 11.2. The van der Waals surface area contributed by atoms with Crippen LogP contribution < -0.4 is 5.32 Å². The number of para-hydroxylation sites is 1. The van der Waals surface area contributed by atoms with Crippen molar-refractivity contribution < 1.29 is 9.63 Å². The van der Waals surface area contributed by atoms with Crippen molar-refractivity contribution in [3.63, 3.8) is 0 Å². The number of rotatable bonds is 2. The molecule has 0 radical (unpaired) electrons. The van der Waals surface area contributed by atoms with Gasteiger partial charge in [0.1, 0.15) is 0 Å². The molecule has 13 heavy (non-hydrogen) atoms. The van der Waals surface area contributed by atoms with Gasteiger partial charge in [0, 0.05) is 12.7 Å². The van der Waals surface area contributed by atoms with E-state index in [0.29, 0.717) is 0 Å². The van der Waals surface area contributed by atoms with Crippen molar-refractivity contribution in [2.75, 3.05) is 19.5 Å². The number of hydrogen-bond donors (Lipinski definition) is 1. The lowest BCUT2D eigenvalue weighted by atomic mass is 10.3. The van der Waals surface area contributed by atoms with Crippen LogP contribution in [0.4, 0.5) is 10.5 Å². The van der Waals surface area contributed by atoms with E-state index in [1.54, 1.807) is 12.1 Å². The summed E-state index contributed by atoms with van der Waals surface area (Å²) < 4.78 is 0. The van der Waals surface area contributed by atoms with Crippen molar-refractivity contribution in [3.8, 4) is 0 Å². The lowest BCUT2D eigenvalue weighted by Crippen LogP contribution is -2.30. The van der Waals surface area contributed by atoms with Crippen molar-refractivity contribution in [1.29, 1.82) is 0 Å². The Morgan fingerprint density at radius 1 is 1.38 bits per heavy atom. The molecule has 1 N–H and O–H groups in total. The highest BCUT2D eigenvalue weighted by molar-refractivity contribution is 5.88. The Hall–Kier alpha value is -1.55. The summed E-state index contributed by atoms with van der Waals surface area (Å²) in [5.41, 5.74) is 0.747. The third-order valence-corrected chi connectivity index (χ3v) is 1.58. The molecule has 0 saturated carbocycles. The Bertz CT molecular complexity index is 274. The fourth-order valence-electron chi connectivity index (χ4n) is 0.807. The summed E-state index contributed by atoms with van der Waals surface area (Å²) in [6, 6.07) is 8.90. The summed E-state index contributed by atoms with van der Waals surface area (Å²) in [5.74, 6) is 0. The van der Waals surface area contributed by atoms with E-state index in [0.717, 1.165) is 10.8 Å². The Labute approximate surface area is 77.1 Å². The predicted molar refractivity (Wildman–Crippen MR) is 50.2 cm³/mol. The molecule has 0 aliphatic rings. The van der Waals surface area contributed by atoms with Gasteiger partial charge in [-0.25, -0.2) is 9.86 Å². The molecule has 0 fully saturated rings. The van der Waals surface area contributed by atoms with Crippen LogP contribution in [-0.2, 0) is 4.84 Å². The second kappa shape index (κ2) is 4.47. The molecule has 1 aromatic carbocycles. The second-order valence-corrected chi connectivity index (χ2v) is 2.48. The van der Waals surface area contributed by atoms with Gasteiger partial charge in [0.25, 0.3) is 0 Å². The maximum Gasteiger partial charge on any atom is 0.345 e. The largest absolute Gasteiger partial charge is 0.345 e. The number of carbonyl (C=O) groups excluding carboxylic acids is 1. The van der Waals surface area contributed by atoms with E-state index >= 15 is 0 Å². The maximum absolute atomic E-state index is 11.2. The number of nitrogens with zero attached hydrogens (tertiary/aromatic N) is 1. The molecule has 0 saturated heterocycles. The Morgan fingerprint density at radius 3 is 2.54 bits per heavy atom. The molecule has 70 valence electrons. The average Bonchev–Trinajstić information content (AvgIpc) is 2.18. The van der Waals surface area contributed by atoms with Crippen LogP contribution in [0.1, 0.15) is 0 Å². The SMILES string of the molecule is CON(C)C(=O)Nc1ccccc1. The van der Waals surface area contributed by atoms with Gasteiger partial charge in [0.2, 0.25) is 0 Å². The van der Waals surface area contributed by atoms with Crippen molar-refractivity contribution in [2.45, 2.75) is 0 Å². The monoisotopic (exact) mass is 180 g/mol. The molecule has 0 aliphatic heterocycles. The number of carbonyl (C=O) groups is 1. The summed E-state index contributed by atoms with van der Waals surface area (Å²) >= 11 is 0. The van der Waals surface area contributed by atoms with Crippen LogP contribution >= 0.6 is 0 Å². The van der Waals surface area contributed by atoms with Gasteiger partial charge in [-0.1, -0.05) is 18.2 Å². The Balaban J connectivity index is 2.55. The van der Waals surface area contributed by atoms with Gasteiger partial charge in [0.15, 0.2) is 0 Å². The minimum atomic E-state index is -0.297. The Morgan fingerprint density at radius 2 is 2.00 bits per heavy atom. The average molecular weight is 180 g/mol. The zero-order chi connectivity index (χ0) is 9.68. The number of anilines is 1. The summed E-state index contributed by atoms with van der Waals surface area (Å²) in [5, 5.41) is 3.77. The third-order valence-electron chi connectivity index (χ3n) is 1.58. The molecule has 4 heteroatoms. The molecule has 0 unspecified atom stereocenters. The summed E-state index contributed by atoms with van der Waals surface area (Å²) in [4.78, 5) is 15.9. The van der Waals surface area contributed by atoms with E-state index in [9.17, 15) is 4.79 Å². The third kappa shape index (κ3) is 2.76. The van der Waals surface area contributed by atoms with Gasteiger partial charge in [-0.3, -0.25) is 4.84 Å². The van der Waals surface area contributed by atoms with Crippen molar-refractivity contribution in [2.24, 2.45) is 0 Å². The van der Waals surface area contributed by atoms with Gasteiger partial charge in [-0.05, 0) is 12.1 Å². The van der Waals surface area contributed by atoms with E-state index in [2.05, 4.69) is 5.32 Å². The molecule has 0 aromatic heterocycles.